The second-order valence-electron chi connectivity index (χ2n) is 5.66. The molecule has 0 unspecified atom stereocenters. The van der Waals surface area contributed by atoms with Crippen LogP contribution in [0, 0.1) is 0 Å². The lowest BCUT2D eigenvalue weighted by molar-refractivity contribution is -0.151. The molecule has 0 saturated carbocycles. The van der Waals surface area contributed by atoms with Crippen molar-refractivity contribution in [1.29, 1.82) is 0 Å². The summed E-state index contributed by atoms with van der Waals surface area (Å²) in [5.41, 5.74) is 2.49. The SMILES string of the molecule is CCc1ccc(CC)c(C(=O)COC(=O)CN2C(=O)CCC2=O)c1. The van der Waals surface area contributed by atoms with Crippen LogP contribution in [0.4, 0.5) is 0 Å². The number of aryl methyl sites for hydroxylation is 2. The second-order valence-corrected chi connectivity index (χ2v) is 5.66. The topological polar surface area (TPSA) is 80.8 Å². The van der Waals surface area contributed by atoms with E-state index in [4.69, 9.17) is 4.74 Å². The zero-order chi connectivity index (χ0) is 17.7. The number of benzene rings is 1. The molecular formula is C18H21NO5. The van der Waals surface area contributed by atoms with E-state index in [2.05, 4.69) is 0 Å². The molecule has 0 atom stereocenters. The van der Waals surface area contributed by atoms with Crippen molar-refractivity contribution in [3.05, 3.63) is 34.9 Å². The maximum Gasteiger partial charge on any atom is 0.326 e. The third-order valence-corrected chi connectivity index (χ3v) is 4.07. The number of likely N-dealkylation sites (tertiary alicyclic amines) is 1. The highest BCUT2D eigenvalue weighted by Crippen LogP contribution is 2.15. The van der Waals surface area contributed by atoms with E-state index in [1.165, 1.54) is 0 Å². The summed E-state index contributed by atoms with van der Waals surface area (Å²) in [6.45, 7) is 3.13. The lowest BCUT2D eigenvalue weighted by atomic mass is 9.98. The highest BCUT2D eigenvalue weighted by molar-refractivity contribution is 6.04. The van der Waals surface area contributed by atoms with Crippen LogP contribution in [0.2, 0.25) is 0 Å². The largest absolute Gasteiger partial charge is 0.456 e. The molecule has 1 heterocycles. The molecule has 1 fully saturated rings. The van der Waals surface area contributed by atoms with Gasteiger partial charge in [-0.25, -0.2) is 0 Å². The van der Waals surface area contributed by atoms with Crippen LogP contribution in [0.5, 0.6) is 0 Å². The van der Waals surface area contributed by atoms with E-state index < -0.39 is 19.1 Å². The molecule has 1 aromatic carbocycles. The van der Waals surface area contributed by atoms with Gasteiger partial charge in [0.15, 0.2) is 6.61 Å². The normalized spacial score (nSPS) is 14.2. The molecule has 1 aliphatic rings. The lowest BCUT2D eigenvalue weighted by Crippen LogP contribution is -2.35. The van der Waals surface area contributed by atoms with E-state index in [0.717, 1.165) is 22.4 Å². The Hall–Kier alpha value is -2.50. The fourth-order valence-corrected chi connectivity index (χ4v) is 2.61. The van der Waals surface area contributed by atoms with E-state index >= 15 is 0 Å². The molecule has 0 N–H and O–H groups in total. The highest BCUT2D eigenvalue weighted by Gasteiger charge is 2.31. The van der Waals surface area contributed by atoms with Crippen molar-refractivity contribution in [1.82, 2.24) is 4.90 Å². The Morgan fingerprint density at radius 2 is 1.75 bits per heavy atom. The Morgan fingerprint density at radius 1 is 1.08 bits per heavy atom. The molecule has 2 amide bonds. The Morgan fingerprint density at radius 3 is 2.33 bits per heavy atom. The summed E-state index contributed by atoms with van der Waals surface area (Å²) in [4.78, 5) is 47.9. The monoisotopic (exact) mass is 331 g/mol. The molecule has 0 aromatic heterocycles. The molecule has 0 radical (unpaired) electrons. The molecule has 1 aromatic rings. The van der Waals surface area contributed by atoms with Crippen molar-refractivity contribution in [2.75, 3.05) is 13.2 Å². The number of esters is 1. The number of nitrogens with zero attached hydrogens (tertiary/aromatic N) is 1. The van der Waals surface area contributed by atoms with E-state index in [9.17, 15) is 19.2 Å². The predicted molar refractivity (Wildman–Crippen MR) is 86.4 cm³/mol. The van der Waals surface area contributed by atoms with Gasteiger partial charge in [-0.2, -0.15) is 0 Å². The van der Waals surface area contributed by atoms with Crippen molar-refractivity contribution >= 4 is 23.6 Å². The van der Waals surface area contributed by atoms with E-state index in [1.54, 1.807) is 0 Å². The van der Waals surface area contributed by atoms with Gasteiger partial charge in [0.1, 0.15) is 6.54 Å². The van der Waals surface area contributed by atoms with Gasteiger partial charge in [-0.05, 0) is 30.0 Å². The molecule has 6 nitrogen and oxygen atoms in total. The van der Waals surface area contributed by atoms with Crippen molar-refractivity contribution in [3.63, 3.8) is 0 Å². The van der Waals surface area contributed by atoms with E-state index in [0.29, 0.717) is 12.0 Å². The summed E-state index contributed by atoms with van der Waals surface area (Å²) in [6.07, 6.45) is 1.75. The van der Waals surface area contributed by atoms with Crippen molar-refractivity contribution in [2.24, 2.45) is 0 Å². The second kappa shape index (κ2) is 7.86. The number of rotatable bonds is 7. The summed E-state index contributed by atoms with van der Waals surface area (Å²) >= 11 is 0. The summed E-state index contributed by atoms with van der Waals surface area (Å²) in [5, 5.41) is 0. The van der Waals surface area contributed by atoms with Gasteiger partial charge in [-0.1, -0.05) is 26.0 Å². The van der Waals surface area contributed by atoms with Crippen LogP contribution in [-0.2, 0) is 32.0 Å². The van der Waals surface area contributed by atoms with Crippen LogP contribution in [0.3, 0.4) is 0 Å². The number of carbonyl (C=O) groups is 4. The fraction of sp³-hybridized carbons (Fsp3) is 0.444. The highest BCUT2D eigenvalue weighted by atomic mass is 16.5. The van der Waals surface area contributed by atoms with Crippen LogP contribution >= 0.6 is 0 Å². The fourth-order valence-electron chi connectivity index (χ4n) is 2.61. The smallest absolute Gasteiger partial charge is 0.326 e. The van der Waals surface area contributed by atoms with Crippen molar-refractivity contribution in [3.8, 4) is 0 Å². The number of carbonyl (C=O) groups excluding carboxylic acids is 4. The number of hydrogen-bond acceptors (Lipinski definition) is 5. The molecule has 1 aliphatic heterocycles. The minimum absolute atomic E-state index is 0.120. The third-order valence-electron chi connectivity index (χ3n) is 4.07. The maximum absolute atomic E-state index is 12.3. The molecule has 0 bridgehead atoms. The first-order chi connectivity index (χ1) is 11.5. The summed E-state index contributed by atoms with van der Waals surface area (Å²) in [5.74, 6) is -1.80. The first-order valence-corrected chi connectivity index (χ1v) is 8.10. The zero-order valence-electron chi connectivity index (χ0n) is 14.0. The lowest BCUT2D eigenvalue weighted by Gasteiger charge is -2.13. The summed E-state index contributed by atoms with van der Waals surface area (Å²) in [6, 6.07) is 5.71. The Labute approximate surface area is 140 Å². The van der Waals surface area contributed by atoms with Gasteiger partial charge in [0.25, 0.3) is 0 Å². The van der Waals surface area contributed by atoms with Crippen LogP contribution in [0.25, 0.3) is 0 Å². The van der Waals surface area contributed by atoms with E-state index in [1.807, 2.05) is 32.0 Å². The van der Waals surface area contributed by atoms with Gasteiger partial charge in [-0.3, -0.25) is 24.1 Å². The Kier molecular flexibility index (Phi) is 5.84. The molecular weight excluding hydrogens is 310 g/mol. The molecule has 2 rings (SSSR count). The Bertz CT molecular complexity index is 664. The summed E-state index contributed by atoms with van der Waals surface area (Å²) in [7, 11) is 0. The van der Waals surface area contributed by atoms with Gasteiger partial charge in [0, 0.05) is 18.4 Å². The van der Waals surface area contributed by atoms with Gasteiger partial charge < -0.3 is 4.74 Å². The third kappa shape index (κ3) is 4.07. The average Bonchev–Trinajstić information content (AvgIpc) is 2.90. The molecule has 128 valence electrons. The molecule has 6 heteroatoms. The van der Waals surface area contributed by atoms with Gasteiger partial charge in [0.2, 0.25) is 17.6 Å². The number of amides is 2. The van der Waals surface area contributed by atoms with Crippen molar-refractivity contribution in [2.45, 2.75) is 39.5 Å². The molecule has 0 aliphatic carbocycles. The average molecular weight is 331 g/mol. The standard InChI is InChI=1S/C18H21NO5/c1-3-12-5-6-13(4-2)14(9-12)15(20)11-24-18(23)10-19-16(21)7-8-17(19)22/h5-6,9H,3-4,7-8,10-11H2,1-2H3. The zero-order valence-corrected chi connectivity index (χ0v) is 14.0. The van der Waals surface area contributed by atoms with Crippen LogP contribution < -0.4 is 0 Å². The maximum atomic E-state index is 12.3. The van der Waals surface area contributed by atoms with Gasteiger partial charge >= 0.3 is 5.97 Å². The number of hydrogen-bond donors (Lipinski definition) is 0. The van der Waals surface area contributed by atoms with Gasteiger partial charge in [0.05, 0.1) is 0 Å². The van der Waals surface area contributed by atoms with E-state index in [-0.39, 0.29) is 30.4 Å². The van der Waals surface area contributed by atoms with Crippen LogP contribution in [-0.4, -0.2) is 41.6 Å². The predicted octanol–water partition coefficient (Wildman–Crippen LogP) is 1.69. The first-order valence-electron chi connectivity index (χ1n) is 8.10. The minimum atomic E-state index is -0.753. The molecule has 24 heavy (non-hydrogen) atoms. The number of imide groups is 1. The Balaban J connectivity index is 1.96. The summed E-state index contributed by atoms with van der Waals surface area (Å²) < 4.78 is 4.96. The first kappa shape index (κ1) is 17.8. The van der Waals surface area contributed by atoms with Crippen LogP contribution in [0.1, 0.15) is 48.2 Å². The van der Waals surface area contributed by atoms with Crippen LogP contribution in [0.15, 0.2) is 18.2 Å². The quantitative estimate of drug-likeness (QED) is 0.431. The van der Waals surface area contributed by atoms with Crippen molar-refractivity contribution < 1.29 is 23.9 Å². The number of ether oxygens (including phenoxy) is 1. The minimum Gasteiger partial charge on any atom is -0.456 e. The molecule has 1 saturated heterocycles. The molecule has 0 spiro atoms. The number of Topliss-reactive ketones (excluding diaryl/α,β-unsaturated/α-hetero) is 1. The number of ketones is 1. The van der Waals surface area contributed by atoms with Gasteiger partial charge in [-0.15, -0.1) is 0 Å².